The van der Waals surface area contributed by atoms with Crippen LogP contribution < -0.4 is 5.32 Å². The van der Waals surface area contributed by atoms with Crippen molar-refractivity contribution >= 4 is 23.4 Å². The maximum absolute atomic E-state index is 12.9. The molecule has 3 aromatic rings. The quantitative estimate of drug-likeness (QED) is 0.604. The summed E-state index contributed by atoms with van der Waals surface area (Å²) in [5.74, 6) is 0.0192. The summed E-state index contributed by atoms with van der Waals surface area (Å²) in [4.78, 5) is 27.2. The summed E-state index contributed by atoms with van der Waals surface area (Å²) in [6.07, 6.45) is 1.36. The normalized spacial score (nSPS) is 14.3. The number of amides is 2. The van der Waals surface area contributed by atoms with E-state index < -0.39 is 0 Å². The lowest BCUT2D eigenvalue weighted by Gasteiger charge is -2.31. The van der Waals surface area contributed by atoms with Gasteiger partial charge in [0.15, 0.2) is 0 Å². The van der Waals surface area contributed by atoms with Gasteiger partial charge in [0.05, 0.1) is 0 Å². The second-order valence-electron chi connectivity index (χ2n) is 7.85. The van der Waals surface area contributed by atoms with E-state index in [0.717, 1.165) is 16.7 Å². The van der Waals surface area contributed by atoms with Crippen LogP contribution in [0, 0.1) is 5.92 Å². The minimum absolute atomic E-state index is 0.0274. The number of likely N-dealkylation sites (tertiary alicyclic amines) is 1. The number of nitrogens with zero attached hydrogens (tertiary/aromatic N) is 1. The Balaban J connectivity index is 1.28. The lowest BCUT2D eigenvalue weighted by atomic mass is 9.95. The van der Waals surface area contributed by atoms with Crippen LogP contribution in [0.1, 0.15) is 28.8 Å². The van der Waals surface area contributed by atoms with Gasteiger partial charge in [-0.2, -0.15) is 0 Å². The summed E-state index contributed by atoms with van der Waals surface area (Å²) in [6.45, 7) is 1.68. The number of hydrogen-bond acceptors (Lipinski definition) is 2. The van der Waals surface area contributed by atoms with Crippen molar-refractivity contribution in [2.45, 2.75) is 19.4 Å². The van der Waals surface area contributed by atoms with Crippen molar-refractivity contribution in [1.29, 1.82) is 0 Å². The summed E-state index contributed by atoms with van der Waals surface area (Å²) in [5, 5.41) is 3.68. The number of halogens is 1. The molecule has 3 aromatic carbocycles. The Labute approximate surface area is 187 Å². The Kier molecular flexibility index (Phi) is 6.68. The fraction of sp³-hybridized carbons (Fsp3) is 0.231. The highest BCUT2D eigenvalue weighted by molar-refractivity contribution is 6.30. The van der Waals surface area contributed by atoms with Gasteiger partial charge in [0.25, 0.3) is 5.91 Å². The van der Waals surface area contributed by atoms with E-state index in [9.17, 15) is 9.59 Å². The first-order valence-electron chi connectivity index (χ1n) is 10.6. The highest BCUT2D eigenvalue weighted by atomic mass is 35.5. The van der Waals surface area contributed by atoms with Crippen molar-refractivity contribution in [3.8, 4) is 11.1 Å². The van der Waals surface area contributed by atoms with Crippen LogP contribution in [0.3, 0.4) is 0 Å². The number of piperidine rings is 1. The smallest absolute Gasteiger partial charge is 0.253 e. The van der Waals surface area contributed by atoms with E-state index in [2.05, 4.69) is 17.4 Å². The molecular formula is C26H25ClN2O2. The maximum Gasteiger partial charge on any atom is 0.253 e. The Morgan fingerprint density at radius 1 is 0.839 bits per heavy atom. The number of benzene rings is 3. The predicted molar refractivity (Wildman–Crippen MR) is 124 cm³/mol. The van der Waals surface area contributed by atoms with Gasteiger partial charge in [0.1, 0.15) is 0 Å². The molecule has 0 spiro atoms. The molecule has 0 aliphatic carbocycles. The molecule has 1 fully saturated rings. The van der Waals surface area contributed by atoms with Crippen LogP contribution in [0.15, 0.2) is 78.9 Å². The summed E-state index contributed by atoms with van der Waals surface area (Å²) in [5.41, 5.74) is 3.93. The number of rotatable bonds is 5. The number of hydrogen-bond donors (Lipinski definition) is 1. The van der Waals surface area contributed by atoms with Gasteiger partial charge in [0, 0.05) is 36.1 Å². The van der Waals surface area contributed by atoms with Crippen LogP contribution in [0.25, 0.3) is 11.1 Å². The fourth-order valence-corrected chi connectivity index (χ4v) is 4.02. The first-order valence-corrected chi connectivity index (χ1v) is 10.9. The fourth-order valence-electron chi connectivity index (χ4n) is 3.90. The summed E-state index contributed by atoms with van der Waals surface area (Å²) >= 11 is 5.90. The van der Waals surface area contributed by atoms with Crippen LogP contribution in [-0.2, 0) is 11.3 Å². The summed E-state index contributed by atoms with van der Waals surface area (Å²) in [6, 6.07) is 25.3. The SMILES string of the molecule is O=C(NCc1ccc(Cl)cc1)C1CCN(C(=O)c2ccc(-c3ccccc3)cc2)CC1. The maximum atomic E-state index is 12.9. The molecule has 1 aliphatic rings. The minimum atomic E-state index is -0.0585. The highest BCUT2D eigenvalue weighted by Crippen LogP contribution is 2.22. The van der Waals surface area contributed by atoms with Gasteiger partial charge in [-0.3, -0.25) is 9.59 Å². The molecule has 1 aliphatic heterocycles. The molecule has 1 N–H and O–H groups in total. The monoisotopic (exact) mass is 432 g/mol. The zero-order chi connectivity index (χ0) is 21.6. The van der Waals surface area contributed by atoms with Crippen LogP contribution >= 0.6 is 11.6 Å². The van der Waals surface area contributed by atoms with Gasteiger partial charge < -0.3 is 10.2 Å². The minimum Gasteiger partial charge on any atom is -0.352 e. The van der Waals surface area contributed by atoms with E-state index in [1.54, 1.807) is 0 Å². The summed E-state index contributed by atoms with van der Waals surface area (Å²) < 4.78 is 0. The average molecular weight is 433 g/mol. The zero-order valence-corrected chi connectivity index (χ0v) is 18.0. The van der Waals surface area contributed by atoms with Crippen LogP contribution in [-0.4, -0.2) is 29.8 Å². The Bertz CT molecular complexity index is 1030. The van der Waals surface area contributed by atoms with Crippen LogP contribution in [0.4, 0.5) is 0 Å². The molecule has 0 unspecified atom stereocenters. The predicted octanol–water partition coefficient (Wildman–Crippen LogP) is 5.18. The molecule has 4 nitrogen and oxygen atoms in total. The lowest BCUT2D eigenvalue weighted by Crippen LogP contribution is -2.42. The largest absolute Gasteiger partial charge is 0.352 e. The van der Waals surface area contributed by atoms with E-state index in [1.165, 1.54) is 0 Å². The van der Waals surface area contributed by atoms with Crippen molar-refractivity contribution in [3.05, 3.63) is 95.0 Å². The molecule has 2 amide bonds. The molecule has 0 bridgehead atoms. The van der Waals surface area contributed by atoms with E-state index in [-0.39, 0.29) is 17.7 Å². The molecule has 4 rings (SSSR count). The Morgan fingerprint density at radius 2 is 1.45 bits per heavy atom. The first-order chi connectivity index (χ1) is 15.1. The number of nitrogens with one attached hydrogen (secondary N) is 1. The molecule has 0 radical (unpaired) electrons. The standard InChI is InChI=1S/C26H25ClN2O2/c27-24-12-6-19(7-13-24)18-28-25(30)22-14-16-29(17-15-22)26(31)23-10-8-21(9-11-23)20-4-2-1-3-5-20/h1-13,22H,14-18H2,(H,28,30). The van der Waals surface area contributed by atoms with Gasteiger partial charge in [-0.15, -0.1) is 0 Å². The molecule has 0 saturated carbocycles. The van der Waals surface area contributed by atoms with Gasteiger partial charge in [-0.05, 0) is 53.8 Å². The van der Waals surface area contributed by atoms with E-state index in [0.29, 0.717) is 43.1 Å². The number of carbonyl (C=O) groups excluding carboxylic acids is 2. The molecule has 1 heterocycles. The average Bonchev–Trinajstić information content (AvgIpc) is 2.84. The molecular weight excluding hydrogens is 408 g/mol. The Hall–Kier alpha value is -3.11. The lowest BCUT2D eigenvalue weighted by molar-refractivity contribution is -0.126. The molecule has 1 saturated heterocycles. The van der Waals surface area contributed by atoms with E-state index in [1.807, 2.05) is 71.6 Å². The topological polar surface area (TPSA) is 49.4 Å². The second-order valence-corrected chi connectivity index (χ2v) is 8.29. The molecule has 0 atom stereocenters. The molecule has 31 heavy (non-hydrogen) atoms. The van der Waals surface area contributed by atoms with E-state index >= 15 is 0 Å². The third-order valence-corrected chi connectivity index (χ3v) is 6.02. The van der Waals surface area contributed by atoms with Crippen LogP contribution in [0.5, 0.6) is 0 Å². The van der Waals surface area contributed by atoms with E-state index in [4.69, 9.17) is 11.6 Å². The van der Waals surface area contributed by atoms with Gasteiger partial charge >= 0.3 is 0 Å². The van der Waals surface area contributed by atoms with Crippen molar-refractivity contribution < 1.29 is 9.59 Å². The molecule has 158 valence electrons. The number of carbonyl (C=O) groups is 2. The van der Waals surface area contributed by atoms with Crippen LogP contribution in [0.2, 0.25) is 5.02 Å². The van der Waals surface area contributed by atoms with Crippen molar-refractivity contribution in [1.82, 2.24) is 10.2 Å². The van der Waals surface area contributed by atoms with Gasteiger partial charge in [-0.1, -0.05) is 66.2 Å². The molecule has 5 heteroatoms. The van der Waals surface area contributed by atoms with Gasteiger partial charge in [-0.25, -0.2) is 0 Å². The van der Waals surface area contributed by atoms with Crippen molar-refractivity contribution in [2.24, 2.45) is 5.92 Å². The molecule has 0 aromatic heterocycles. The van der Waals surface area contributed by atoms with Crippen molar-refractivity contribution in [2.75, 3.05) is 13.1 Å². The van der Waals surface area contributed by atoms with Gasteiger partial charge in [0.2, 0.25) is 5.91 Å². The Morgan fingerprint density at radius 3 is 2.10 bits per heavy atom. The third kappa shape index (κ3) is 5.33. The first kappa shape index (κ1) is 21.1. The zero-order valence-electron chi connectivity index (χ0n) is 17.3. The summed E-state index contributed by atoms with van der Waals surface area (Å²) in [7, 11) is 0. The second kappa shape index (κ2) is 9.80. The van der Waals surface area contributed by atoms with Crippen molar-refractivity contribution in [3.63, 3.8) is 0 Å². The third-order valence-electron chi connectivity index (χ3n) is 5.77. The highest BCUT2D eigenvalue weighted by Gasteiger charge is 2.27.